The average Bonchev–Trinajstić information content (AvgIpc) is 2.36. The zero-order chi connectivity index (χ0) is 13.1. The Balaban J connectivity index is 2.36. The molecule has 17 heavy (non-hydrogen) atoms. The summed E-state index contributed by atoms with van der Waals surface area (Å²) in [5, 5.41) is 26.8. The van der Waals surface area contributed by atoms with Crippen molar-refractivity contribution in [1.82, 2.24) is 15.7 Å². The summed E-state index contributed by atoms with van der Waals surface area (Å²) in [4.78, 5) is 11.4. The Hall–Kier alpha value is -0.850. The van der Waals surface area contributed by atoms with Gasteiger partial charge < -0.3 is 20.9 Å². The van der Waals surface area contributed by atoms with Gasteiger partial charge in [0.15, 0.2) is 6.23 Å². The second kappa shape index (κ2) is 3.34. The van der Waals surface area contributed by atoms with E-state index in [2.05, 4.69) is 10.6 Å². The van der Waals surface area contributed by atoms with Gasteiger partial charge in [-0.15, -0.1) is 0 Å². The third-order valence-corrected chi connectivity index (χ3v) is 3.80. The molecule has 0 aromatic rings. The van der Waals surface area contributed by atoms with E-state index in [-0.39, 0.29) is 6.03 Å². The van der Waals surface area contributed by atoms with Gasteiger partial charge in [0.1, 0.15) is 0 Å². The van der Waals surface area contributed by atoms with Crippen LogP contribution < -0.4 is 10.6 Å². The summed E-state index contributed by atoms with van der Waals surface area (Å²) in [6.07, 6.45) is 0.0573. The Morgan fingerprint density at radius 2 is 1.71 bits per heavy atom. The summed E-state index contributed by atoms with van der Waals surface area (Å²) in [6.45, 7) is 7.58. The van der Waals surface area contributed by atoms with Crippen molar-refractivity contribution in [3.05, 3.63) is 0 Å². The monoisotopic (exact) mass is 243 g/mol. The number of nitrogens with one attached hydrogen (secondary N) is 2. The lowest BCUT2D eigenvalue weighted by atomic mass is 9.70. The lowest BCUT2D eigenvalue weighted by molar-refractivity contribution is -0.260. The summed E-state index contributed by atoms with van der Waals surface area (Å²) in [7, 11) is 0. The molecule has 6 heteroatoms. The molecule has 2 aliphatic rings. The highest BCUT2D eigenvalue weighted by atomic mass is 16.5. The van der Waals surface area contributed by atoms with E-state index in [9.17, 15) is 15.1 Å². The van der Waals surface area contributed by atoms with E-state index in [1.165, 1.54) is 5.06 Å². The Morgan fingerprint density at radius 1 is 1.24 bits per heavy atom. The maximum atomic E-state index is 11.4. The molecule has 0 aromatic carbocycles. The highest BCUT2D eigenvalue weighted by Crippen LogP contribution is 2.44. The SMILES string of the molecule is CC1(C)CC2(CC(C)(C)N1O)NC(=O)NC2O. The summed E-state index contributed by atoms with van der Waals surface area (Å²) >= 11 is 0. The van der Waals surface area contributed by atoms with Crippen LogP contribution in [0.3, 0.4) is 0 Å². The number of carbonyl (C=O) groups is 1. The van der Waals surface area contributed by atoms with E-state index in [0.717, 1.165) is 0 Å². The molecule has 0 aliphatic carbocycles. The third kappa shape index (κ3) is 1.80. The lowest BCUT2D eigenvalue weighted by Gasteiger charge is -2.55. The van der Waals surface area contributed by atoms with Gasteiger partial charge in [0.05, 0.1) is 5.54 Å². The van der Waals surface area contributed by atoms with E-state index in [4.69, 9.17) is 0 Å². The summed E-state index contributed by atoms with van der Waals surface area (Å²) in [5.41, 5.74) is -1.73. The predicted octanol–water partition coefficient (Wildman–Crippen LogP) is 0.399. The summed E-state index contributed by atoms with van der Waals surface area (Å²) in [5.74, 6) is 0. The van der Waals surface area contributed by atoms with Crippen LogP contribution in [0, 0.1) is 0 Å². The van der Waals surface area contributed by atoms with E-state index in [1.807, 2.05) is 27.7 Å². The van der Waals surface area contributed by atoms with Crippen LogP contribution >= 0.6 is 0 Å². The average molecular weight is 243 g/mol. The summed E-state index contributed by atoms with van der Waals surface area (Å²) < 4.78 is 0. The molecule has 0 aromatic heterocycles. The van der Waals surface area contributed by atoms with Gasteiger partial charge in [-0.25, -0.2) is 4.79 Å². The van der Waals surface area contributed by atoms with Gasteiger partial charge in [-0.3, -0.25) is 0 Å². The zero-order valence-electron chi connectivity index (χ0n) is 10.7. The van der Waals surface area contributed by atoms with Crippen molar-refractivity contribution in [3.63, 3.8) is 0 Å². The van der Waals surface area contributed by atoms with Crippen LogP contribution in [0.5, 0.6) is 0 Å². The first-order valence-electron chi connectivity index (χ1n) is 5.85. The zero-order valence-corrected chi connectivity index (χ0v) is 10.7. The van der Waals surface area contributed by atoms with Crippen LogP contribution in [0.15, 0.2) is 0 Å². The Bertz CT molecular complexity index is 336. The molecule has 0 saturated carbocycles. The first kappa shape index (κ1) is 12.6. The number of carbonyl (C=O) groups excluding carboxylic acids is 1. The first-order chi connectivity index (χ1) is 7.59. The standard InChI is InChI=1S/C11H21N3O3/c1-9(2)5-11(6-10(3,4)14(9)17)7(15)12-8(16)13-11/h7,15,17H,5-6H2,1-4H3,(H2,12,13,16). The minimum absolute atomic E-state index is 0.351. The molecule has 2 aliphatic heterocycles. The molecule has 2 rings (SSSR count). The molecule has 4 N–H and O–H groups in total. The highest BCUT2D eigenvalue weighted by molar-refractivity contribution is 5.78. The van der Waals surface area contributed by atoms with Crippen LogP contribution in [0.4, 0.5) is 4.79 Å². The van der Waals surface area contributed by atoms with Crippen molar-refractivity contribution in [2.75, 3.05) is 0 Å². The third-order valence-electron chi connectivity index (χ3n) is 3.80. The molecule has 2 saturated heterocycles. The van der Waals surface area contributed by atoms with Crippen LogP contribution in [-0.2, 0) is 0 Å². The number of aliphatic hydroxyl groups is 1. The Labute approximate surface area is 101 Å². The molecular weight excluding hydrogens is 222 g/mol. The number of piperidine rings is 1. The fourth-order valence-electron chi connectivity index (χ4n) is 3.45. The number of hydrogen-bond acceptors (Lipinski definition) is 4. The number of hydrogen-bond donors (Lipinski definition) is 4. The minimum atomic E-state index is -0.915. The number of rotatable bonds is 0. The Morgan fingerprint density at radius 3 is 2.06 bits per heavy atom. The largest absolute Gasteiger partial charge is 0.371 e. The van der Waals surface area contributed by atoms with Crippen molar-refractivity contribution in [1.29, 1.82) is 0 Å². The fraction of sp³-hybridized carbons (Fsp3) is 0.909. The molecular formula is C11H21N3O3. The first-order valence-corrected chi connectivity index (χ1v) is 5.85. The number of hydroxylamine groups is 2. The fourth-order valence-corrected chi connectivity index (χ4v) is 3.45. The van der Waals surface area contributed by atoms with Crippen molar-refractivity contribution in [2.45, 2.75) is 63.4 Å². The number of aliphatic hydroxyl groups excluding tert-OH is 1. The molecule has 2 amide bonds. The van der Waals surface area contributed by atoms with E-state index < -0.39 is 22.8 Å². The van der Waals surface area contributed by atoms with E-state index in [0.29, 0.717) is 12.8 Å². The molecule has 2 heterocycles. The number of amides is 2. The number of nitrogens with zero attached hydrogens (tertiary/aromatic N) is 1. The molecule has 98 valence electrons. The van der Waals surface area contributed by atoms with Gasteiger partial charge in [-0.1, -0.05) is 0 Å². The Kier molecular flexibility index (Phi) is 2.47. The summed E-state index contributed by atoms with van der Waals surface area (Å²) in [6, 6.07) is -0.351. The molecule has 2 fully saturated rings. The second-order valence-corrected chi connectivity index (χ2v) is 6.45. The van der Waals surface area contributed by atoms with Gasteiger partial charge in [-0.2, -0.15) is 5.06 Å². The normalized spacial score (nSPS) is 34.5. The second-order valence-electron chi connectivity index (χ2n) is 6.45. The van der Waals surface area contributed by atoms with Gasteiger partial charge >= 0.3 is 6.03 Å². The van der Waals surface area contributed by atoms with E-state index >= 15 is 0 Å². The number of urea groups is 1. The van der Waals surface area contributed by atoms with Crippen molar-refractivity contribution in [2.24, 2.45) is 0 Å². The van der Waals surface area contributed by atoms with Gasteiger partial charge in [-0.05, 0) is 40.5 Å². The molecule has 0 bridgehead atoms. The topological polar surface area (TPSA) is 84.8 Å². The molecule has 6 nitrogen and oxygen atoms in total. The smallest absolute Gasteiger partial charge is 0.317 e. The van der Waals surface area contributed by atoms with Crippen LogP contribution in [0.25, 0.3) is 0 Å². The van der Waals surface area contributed by atoms with Crippen molar-refractivity contribution >= 4 is 6.03 Å². The minimum Gasteiger partial charge on any atom is -0.371 e. The quantitative estimate of drug-likeness (QED) is 0.496. The van der Waals surface area contributed by atoms with Crippen molar-refractivity contribution in [3.8, 4) is 0 Å². The maximum absolute atomic E-state index is 11.4. The predicted molar refractivity (Wildman–Crippen MR) is 61.4 cm³/mol. The van der Waals surface area contributed by atoms with Crippen LogP contribution in [0.2, 0.25) is 0 Å². The van der Waals surface area contributed by atoms with Gasteiger partial charge in [0, 0.05) is 11.1 Å². The van der Waals surface area contributed by atoms with Crippen LogP contribution in [0.1, 0.15) is 40.5 Å². The molecule has 1 spiro atoms. The van der Waals surface area contributed by atoms with Gasteiger partial charge in [0.2, 0.25) is 0 Å². The van der Waals surface area contributed by atoms with Crippen molar-refractivity contribution < 1.29 is 15.1 Å². The molecule has 1 atom stereocenters. The lowest BCUT2D eigenvalue weighted by Crippen LogP contribution is -2.69. The maximum Gasteiger partial charge on any atom is 0.317 e. The molecule has 1 unspecified atom stereocenters. The van der Waals surface area contributed by atoms with Gasteiger partial charge in [0.25, 0.3) is 0 Å². The van der Waals surface area contributed by atoms with Crippen LogP contribution in [-0.4, -0.2) is 44.3 Å². The highest BCUT2D eigenvalue weighted by Gasteiger charge is 2.58. The van der Waals surface area contributed by atoms with E-state index in [1.54, 1.807) is 0 Å². The molecule has 0 radical (unpaired) electrons.